The summed E-state index contributed by atoms with van der Waals surface area (Å²) in [5.74, 6) is -0.575. The minimum atomic E-state index is -2.31. The average Bonchev–Trinajstić information content (AvgIpc) is 3.19. The second kappa shape index (κ2) is 12.0. The Morgan fingerprint density at radius 3 is 2.24 bits per heavy atom. The SMILES string of the molecule is C[C@H](NC(=O)C[C@H](CC(=O)N1C(=O)OC[C@@H]1Cc1ccccc1)O[Si](C)(C)C(C)(C)C)c1ccccc1. The number of carbonyl (C=O) groups is 3. The quantitative estimate of drug-likeness (QED) is 0.408. The van der Waals surface area contributed by atoms with Crippen molar-refractivity contribution in [3.63, 3.8) is 0 Å². The van der Waals surface area contributed by atoms with E-state index in [0.717, 1.165) is 11.1 Å². The number of rotatable bonds is 10. The van der Waals surface area contributed by atoms with E-state index in [9.17, 15) is 14.4 Å². The fraction of sp³-hybridized carbons (Fsp3) is 0.483. The molecule has 2 aromatic rings. The van der Waals surface area contributed by atoms with Crippen LogP contribution in [0, 0.1) is 0 Å². The van der Waals surface area contributed by atoms with Gasteiger partial charge in [-0.15, -0.1) is 0 Å². The average molecular weight is 525 g/mol. The van der Waals surface area contributed by atoms with E-state index in [-0.39, 0.29) is 48.4 Å². The van der Waals surface area contributed by atoms with Crippen LogP contribution in [0.3, 0.4) is 0 Å². The molecule has 1 heterocycles. The van der Waals surface area contributed by atoms with Crippen LogP contribution in [0.25, 0.3) is 0 Å². The van der Waals surface area contributed by atoms with Gasteiger partial charge in [-0.25, -0.2) is 9.69 Å². The number of hydrogen-bond donors (Lipinski definition) is 1. The van der Waals surface area contributed by atoms with Gasteiger partial charge in [-0.1, -0.05) is 81.4 Å². The predicted octanol–water partition coefficient (Wildman–Crippen LogP) is 5.62. The first-order valence-electron chi connectivity index (χ1n) is 12.9. The Bertz CT molecular complexity index is 1070. The predicted molar refractivity (Wildman–Crippen MR) is 146 cm³/mol. The minimum absolute atomic E-state index is 0.0294. The minimum Gasteiger partial charge on any atom is -0.447 e. The van der Waals surface area contributed by atoms with E-state index in [1.54, 1.807) is 0 Å². The normalized spacial score (nSPS) is 17.7. The van der Waals surface area contributed by atoms with Crippen LogP contribution in [0.1, 0.15) is 57.7 Å². The molecular weight excluding hydrogens is 484 g/mol. The Kier molecular flexibility index (Phi) is 9.31. The molecule has 0 radical (unpaired) electrons. The molecule has 3 rings (SSSR count). The highest BCUT2D eigenvalue weighted by Crippen LogP contribution is 2.38. The van der Waals surface area contributed by atoms with Gasteiger partial charge in [0.1, 0.15) is 6.61 Å². The number of nitrogens with one attached hydrogen (secondary N) is 1. The standard InChI is InChI=1S/C29H40N2O5Si/c1-21(23-15-11-8-12-16-23)30-26(32)18-25(36-37(5,6)29(2,3)4)19-27(33)31-24(20-35-28(31)34)17-22-13-9-7-10-14-22/h7-16,21,24-25H,17-20H2,1-6H3,(H,30,32)/t21-,24-,25+/m0/s1. The highest BCUT2D eigenvalue weighted by Gasteiger charge is 2.42. The summed E-state index contributed by atoms with van der Waals surface area (Å²) >= 11 is 0. The summed E-state index contributed by atoms with van der Waals surface area (Å²) in [6, 6.07) is 18.9. The molecule has 0 bridgehead atoms. The highest BCUT2D eigenvalue weighted by atomic mass is 28.4. The zero-order valence-corrected chi connectivity index (χ0v) is 23.8. The Hall–Kier alpha value is -2.97. The fourth-order valence-electron chi connectivity index (χ4n) is 4.18. The first-order valence-corrected chi connectivity index (χ1v) is 15.8. The topological polar surface area (TPSA) is 84.9 Å². The van der Waals surface area contributed by atoms with Crippen molar-refractivity contribution < 1.29 is 23.5 Å². The molecule has 200 valence electrons. The van der Waals surface area contributed by atoms with Crippen LogP contribution < -0.4 is 5.32 Å². The molecule has 0 spiro atoms. The van der Waals surface area contributed by atoms with E-state index in [1.165, 1.54) is 4.90 Å². The molecule has 7 nitrogen and oxygen atoms in total. The Labute approximate surface area is 221 Å². The van der Waals surface area contributed by atoms with Gasteiger partial charge in [0.25, 0.3) is 0 Å². The summed E-state index contributed by atoms with van der Waals surface area (Å²) in [5.41, 5.74) is 2.02. The van der Waals surface area contributed by atoms with Crippen LogP contribution >= 0.6 is 0 Å². The summed E-state index contributed by atoms with van der Waals surface area (Å²) in [5, 5.41) is 2.92. The lowest BCUT2D eigenvalue weighted by Gasteiger charge is -2.39. The van der Waals surface area contributed by atoms with Crippen LogP contribution in [0.5, 0.6) is 0 Å². The number of benzene rings is 2. The molecule has 1 N–H and O–H groups in total. The summed E-state index contributed by atoms with van der Waals surface area (Å²) in [4.78, 5) is 40.3. The van der Waals surface area contributed by atoms with Crippen molar-refractivity contribution in [1.29, 1.82) is 0 Å². The van der Waals surface area contributed by atoms with Crippen molar-refractivity contribution in [3.8, 4) is 0 Å². The van der Waals surface area contributed by atoms with Gasteiger partial charge in [0.15, 0.2) is 8.32 Å². The number of nitrogens with zero attached hydrogens (tertiary/aromatic N) is 1. The van der Waals surface area contributed by atoms with Crippen molar-refractivity contribution in [2.45, 2.75) is 83.3 Å². The number of hydrogen-bond acceptors (Lipinski definition) is 5. The summed E-state index contributed by atoms with van der Waals surface area (Å²) in [7, 11) is -2.31. The smallest absolute Gasteiger partial charge is 0.416 e. The van der Waals surface area contributed by atoms with Crippen LogP contribution in [0.4, 0.5) is 4.79 Å². The molecule has 1 aliphatic heterocycles. The Balaban J connectivity index is 1.74. The molecule has 0 saturated carbocycles. The number of carbonyl (C=O) groups excluding carboxylic acids is 3. The van der Waals surface area contributed by atoms with Gasteiger partial charge in [0, 0.05) is 0 Å². The van der Waals surface area contributed by atoms with Crippen molar-refractivity contribution in [2.75, 3.05) is 6.61 Å². The maximum atomic E-state index is 13.5. The molecule has 8 heteroatoms. The lowest BCUT2D eigenvalue weighted by Crippen LogP contribution is -2.48. The maximum Gasteiger partial charge on any atom is 0.416 e. The van der Waals surface area contributed by atoms with Crippen LogP contribution in [-0.4, -0.2) is 49.9 Å². The molecule has 0 aliphatic carbocycles. The molecule has 0 unspecified atom stereocenters. The van der Waals surface area contributed by atoms with E-state index in [1.807, 2.05) is 67.6 Å². The van der Waals surface area contributed by atoms with Gasteiger partial charge in [0.05, 0.1) is 31.0 Å². The summed E-state index contributed by atoms with van der Waals surface area (Å²) < 4.78 is 11.8. The molecule has 1 saturated heterocycles. The fourth-order valence-corrected chi connectivity index (χ4v) is 5.53. The zero-order chi connectivity index (χ0) is 27.2. The lowest BCUT2D eigenvalue weighted by molar-refractivity contribution is -0.131. The van der Waals surface area contributed by atoms with E-state index in [4.69, 9.17) is 9.16 Å². The van der Waals surface area contributed by atoms with Gasteiger partial charge in [0.2, 0.25) is 11.8 Å². The highest BCUT2D eigenvalue weighted by molar-refractivity contribution is 6.74. The third-order valence-corrected chi connectivity index (χ3v) is 11.8. The van der Waals surface area contributed by atoms with Gasteiger partial charge < -0.3 is 14.5 Å². The first kappa shape index (κ1) is 28.6. The van der Waals surface area contributed by atoms with Gasteiger partial charge in [-0.2, -0.15) is 0 Å². The summed E-state index contributed by atoms with van der Waals surface area (Å²) in [6.07, 6.45) is -0.815. The largest absolute Gasteiger partial charge is 0.447 e. The molecule has 1 aliphatic rings. The van der Waals surface area contributed by atoms with Crippen molar-refractivity contribution in [1.82, 2.24) is 10.2 Å². The van der Waals surface area contributed by atoms with Crippen LogP contribution in [0.2, 0.25) is 18.1 Å². The lowest BCUT2D eigenvalue weighted by atomic mass is 10.0. The first-order chi connectivity index (χ1) is 17.4. The second-order valence-corrected chi connectivity index (χ2v) is 16.0. The molecule has 1 fully saturated rings. The maximum absolute atomic E-state index is 13.5. The Morgan fingerprint density at radius 1 is 1.05 bits per heavy atom. The van der Waals surface area contributed by atoms with Gasteiger partial charge in [-0.3, -0.25) is 9.59 Å². The molecule has 3 atom stereocenters. The van der Waals surface area contributed by atoms with Crippen LogP contribution in [0.15, 0.2) is 60.7 Å². The third kappa shape index (κ3) is 7.76. The molecule has 0 aromatic heterocycles. The van der Waals surface area contributed by atoms with E-state index in [2.05, 4.69) is 39.2 Å². The molecule has 37 heavy (non-hydrogen) atoms. The molecule has 2 aromatic carbocycles. The van der Waals surface area contributed by atoms with Crippen molar-refractivity contribution in [3.05, 3.63) is 71.8 Å². The zero-order valence-electron chi connectivity index (χ0n) is 22.8. The summed E-state index contributed by atoms with van der Waals surface area (Å²) in [6.45, 7) is 12.6. The molecule has 3 amide bonds. The number of imide groups is 1. The number of amides is 3. The second-order valence-electron chi connectivity index (χ2n) is 11.3. The van der Waals surface area contributed by atoms with Gasteiger partial charge >= 0.3 is 6.09 Å². The van der Waals surface area contributed by atoms with E-state index < -0.39 is 20.5 Å². The van der Waals surface area contributed by atoms with Crippen LogP contribution in [-0.2, 0) is 25.2 Å². The third-order valence-electron chi connectivity index (χ3n) is 7.30. The van der Waals surface area contributed by atoms with E-state index in [0.29, 0.717) is 6.42 Å². The van der Waals surface area contributed by atoms with Gasteiger partial charge in [-0.05, 0) is 42.6 Å². The Morgan fingerprint density at radius 2 is 1.65 bits per heavy atom. The van der Waals surface area contributed by atoms with E-state index >= 15 is 0 Å². The van der Waals surface area contributed by atoms with Crippen molar-refractivity contribution >= 4 is 26.2 Å². The number of ether oxygens (including phenoxy) is 1. The van der Waals surface area contributed by atoms with Crippen molar-refractivity contribution in [2.24, 2.45) is 0 Å². The molecular formula is C29H40N2O5Si. The monoisotopic (exact) mass is 524 g/mol. The number of cyclic esters (lactones) is 1.